The lowest BCUT2D eigenvalue weighted by Gasteiger charge is -2.27. The van der Waals surface area contributed by atoms with Gasteiger partial charge in [-0.15, -0.1) is 0 Å². The van der Waals surface area contributed by atoms with E-state index in [2.05, 4.69) is 42.8 Å². The molecule has 0 saturated carbocycles. The molecule has 1 aromatic carbocycles. The number of hydrogen-bond donors (Lipinski definition) is 1. The first-order valence-electron chi connectivity index (χ1n) is 8.25. The third-order valence-corrected chi connectivity index (χ3v) is 4.72. The number of amides is 1. The van der Waals surface area contributed by atoms with Crippen LogP contribution in [0, 0.1) is 10.5 Å². The predicted molar refractivity (Wildman–Crippen MR) is 103 cm³/mol. The molecular weight excluding hydrogens is 415 g/mol. The molecule has 1 aliphatic rings. The van der Waals surface area contributed by atoms with E-state index in [1.165, 1.54) is 19.3 Å². The summed E-state index contributed by atoms with van der Waals surface area (Å²) in [6.07, 6.45) is 3.66. The van der Waals surface area contributed by atoms with E-state index in [1.807, 2.05) is 37.3 Å². The minimum absolute atomic E-state index is 0.0793. The first-order valence-corrected chi connectivity index (χ1v) is 9.33. The van der Waals surface area contributed by atoms with E-state index in [0.29, 0.717) is 12.1 Å². The fourth-order valence-electron chi connectivity index (χ4n) is 2.85. The summed E-state index contributed by atoms with van der Waals surface area (Å²) in [7, 11) is 0. The van der Waals surface area contributed by atoms with Crippen LogP contribution in [0.15, 0.2) is 30.3 Å². The maximum Gasteiger partial charge on any atom is 0.251 e. The van der Waals surface area contributed by atoms with E-state index in [1.54, 1.807) is 0 Å². The van der Waals surface area contributed by atoms with Crippen molar-refractivity contribution in [3.63, 3.8) is 0 Å². The molecule has 1 saturated heterocycles. The zero-order chi connectivity index (χ0) is 16.9. The summed E-state index contributed by atoms with van der Waals surface area (Å²) in [5, 5.41) is 2.95. The molecule has 3 rings (SSSR count). The van der Waals surface area contributed by atoms with Gasteiger partial charge in [0.15, 0.2) is 0 Å². The second-order valence-corrected chi connectivity index (χ2v) is 7.29. The zero-order valence-electron chi connectivity index (χ0n) is 13.8. The van der Waals surface area contributed by atoms with Crippen molar-refractivity contribution in [2.24, 2.45) is 0 Å². The number of piperidine rings is 1. The Bertz CT molecular complexity index is 729. The van der Waals surface area contributed by atoms with Crippen molar-refractivity contribution < 1.29 is 4.79 Å². The number of carbonyl (C=O) groups is 1. The highest BCUT2D eigenvalue weighted by atomic mass is 127. The predicted octanol–water partition coefficient (Wildman–Crippen LogP) is 3.31. The Morgan fingerprint density at radius 2 is 2.00 bits per heavy atom. The highest BCUT2D eigenvalue weighted by Crippen LogP contribution is 2.16. The molecule has 0 spiro atoms. The molecule has 0 radical (unpaired) electrons. The van der Waals surface area contributed by atoms with Crippen LogP contribution in [0.3, 0.4) is 0 Å². The lowest BCUT2D eigenvalue weighted by atomic mass is 10.1. The Kier molecular flexibility index (Phi) is 5.65. The quantitative estimate of drug-likeness (QED) is 0.748. The zero-order valence-corrected chi connectivity index (χ0v) is 15.9. The maximum absolute atomic E-state index is 12.3. The number of rotatable bonds is 4. The Morgan fingerprint density at radius 3 is 2.75 bits per heavy atom. The first-order chi connectivity index (χ1) is 11.6. The van der Waals surface area contributed by atoms with Gasteiger partial charge in [0.2, 0.25) is 5.95 Å². The van der Waals surface area contributed by atoms with Crippen LogP contribution < -0.4 is 10.2 Å². The van der Waals surface area contributed by atoms with Gasteiger partial charge in [0, 0.05) is 27.9 Å². The number of hydrogen-bond acceptors (Lipinski definition) is 4. The molecule has 0 atom stereocenters. The minimum atomic E-state index is -0.0793. The molecule has 24 heavy (non-hydrogen) atoms. The first kappa shape index (κ1) is 17.1. The largest absolute Gasteiger partial charge is 0.346 e. The molecule has 6 heteroatoms. The SMILES string of the molecule is Cc1cc(CNC(=O)c2cccc(I)c2)nc(N2CCCCC2)n1. The number of nitrogens with one attached hydrogen (secondary N) is 1. The topological polar surface area (TPSA) is 58.1 Å². The van der Waals surface area contributed by atoms with E-state index in [9.17, 15) is 4.79 Å². The van der Waals surface area contributed by atoms with Gasteiger partial charge >= 0.3 is 0 Å². The number of carbonyl (C=O) groups excluding carboxylic acids is 1. The number of benzene rings is 1. The van der Waals surface area contributed by atoms with Crippen LogP contribution in [0.1, 0.15) is 41.0 Å². The summed E-state index contributed by atoms with van der Waals surface area (Å²) in [5.74, 6) is 0.706. The summed E-state index contributed by atoms with van der Waals surface area (Å²) >= 11 is 2.21. The molecule has 1 amide bonds. The van der Waals surface area contributed by atoms with E-state index in [4.69, 9.17) is 0 Å². The van der Waals surface area contributed by atoms with Gasteiger partial charge in [0.1, 0.15) is 0 Å². The number of aromatic nitrogens is 2. The van der Waals surface area contributed by atoms with Crippen LogP contribution in [-0.4, -0.2) is 29.0 Å². The van der Waals surface area contributed by atoms with Gasteiger partial charge in [-0.2, -0.15) is 0 Å². The summed E-state index contributed by atoms with van der Waals surface area (Å²) < 4.78 is 1.05. The highest BCUT2D eigenvalue weighted by molar-refractivity contribution is 14.1. The average molecular weight is 436 g/mol. The number of anilines is 1. The van der Waals surface area contributed by atoms with Gasteiger partial charge in [-0.25, -0.2) is 9.97 Å². The molecule has 0 unspecified atom stereocenters. The van der Waals surface area contributed by atoms with Crippen molar-refractivity contribution in [3.8, 4) is 0 Å². The standard InChI is InChI=1S/C18H21IN4O/c1-13-10-16(22-18(21-13)23-8-3-2-4-9-23)12-20-17(24)14-6-5-7-15(19)11-14/h5-7,10-11H,2-4,8-9,12H2,1H3,(H,20,24). The van der Waals surface area contributed by atoms with Gasteiger partial charge in [-0.05, 0) is 73.0 Å². The van der Waals surface area contributed by atoms with E-state index in [-0.39, 0.29) is 5.91 Å². The third kappa shape index (κ3) is 4.43. The third-order valence-electron chi connectivity index (χ3n) is 4.05. The van der Waals surface area contributed by atoms with Crippen LogP contribution >= 0.6 is 22.6 Å². The van der Waals surface area contributed by atoms with Crippen molar-refractivity contribution in [2.45, 2.75) is 32.7 Å². The van der Waals surface area contributed by atoms with Crippen molar-refractivity contribution in [2.75, 3.05) is 18.0 Å². The fourth-order valence-corrected chi connectivity index (χ4v) is 3.39. The van der Waals surface area contributed by atoms with Gasteiger partial charge in [-0.3, -0.25) is 4.79 Å². The molecule has 1 N–H and O–H groups in total. The summed E-state index contributed by atoms with van der Waals surface area (Å²) in [6.45, 7) is 4.41. The molecule has 1 aliphatic heterocycles. The molecule has 0 bridgehead atoms. The Balaban J connectivity index is 1.68. The molecule has 0 aliphatic carbocycles. The van der Waals surface area contributed by atoms with E-state index < -0.39 is 0 Å². The number of aryl methyl sites for hydroxylation is 1. The molecule has 2 aromatic rings. The average Bonchev–Trinajstić information content (AvgIpc) is 2.60. The number of nitrogens with zero attached hydrogens (tertiary/aromatic N) is 3. The van der Waals surface area contributed by atoms with Crippen LogP contribution in [0.5, 0.6) is 0 Å². The van der Waals surface area contributed by atoms with E-state index >= 15 is 0 Å². The Hall–Kier alpha value is -1.70. The summed E-state index contributed by atoms with van der Waals surface area (Å²) in [6, 6.07) is 9.49. The fraction of sp³-hybridized carbons (Fsp3) is 0.389. The molecular formula is C18H21IN4O. The van der Waals surface area contributed by atoms with Crippen molar-refractivity contribution in [1.29, 1.82) is 0 Å². The molecule has 2 heterocycles. The van der Waals surface area contributed by atoms with Gasteiger partial charge in [-0.1, -0.05) is 6.07 Å². The number of halogens is 1. The smallest absolute Gasteiger partial charge is 0.251 e. The Labute approximate surface area is 156 Å². The normalized spacial score (nSPS) is 14.5. The second kappa shape index (κ2) is 7.92. The Morgan fingerprint density at radius 1 is 1.21 bits per heavy atom. The van der Waals surface area contributed by atoms with Crippen LogP contribution in [-0.2, 0) is 6.54 Å². The molecule has 126 valence electrons. The molecule has 5 nitrogen and oxygen atoms in total. The van der Waals surface area contributed by atoms with Gasteiger partial charge < -0.3 is 10.2 Å². The van der Waals surface area contributed by atoms with Crippen molar-refractivity contribution >= 4 is 34.4 Å². The van der Waals surface area contributed by atoms with Crippen LogP contribution in [0.2, 0.25) is 0 Å². The van der Waals surface area contributed by atoms with Gasteiger partial charge in [0.25, 0.3) is 5.91 Å². The monoisotopic (exact) mass is 436 g/mol. The molecule has 1 aromatic heterocycles. The van der Waals surface area contributed by atoms with Crippen LogP contribution in [0.25, 0.3) is 0 Å². The van der Waals surface area contributed by atoms with Crippen LogP contribution in [0.4, 0.5) is 5.95 Å². The van der Waals surface area contributed by atoms with Crippen molar-refractivity contribution in [1.82, 2.24) is 15.3 Å². The second-order valence-electron chi connectivity index (χ2n) is 6.04. The van der Waals surface area contributed by atoms with E-state index in [0.717, 1.165) is 34.0 Å². The summed E-state index contributed by atoms with van der Waals surface area (Å²) in [5.41, 5.74) is 2.45. The summed E-state index contributed by atoms with van der Waals surface area (Å²) in [4.78, 5) is 23.7. The van der Waals surface area contributed by atoms with Crippen molar-refractivity contribution in [3.05, 3.63) is 50.9 Å². The van der Waals surface area contributed by atoms with Gasteiger partial charge in [0.05, 0.1) is 12.2 Å². The lowest BCUT2D eigenvalue weighted by molar-refractivity contribution is 0.0950. The maximum atomic E-state index is 12.3. The lowest BCUT2D eigenvalue weighted by Crippen LogP contribution is -2.32. The minimum Gasteiger partial charge on any atom is -0.346 e. The highest BCUT2D eigenvalue weighted by Gasteiger charge is 2.15. The molecule has 1 fully saturated rings.